The Kier molecular flexibility index (Phi) is 8.47. The minimum absolute atomic E-state index is 0. The Bertz CT molecular complexity index is 457. The van der Waals surface area contributed by atoms with E-state index in [1.54, 1.807) is 0 Å². The van der Waals surface area contributed by atoms with Crippen LogP contribution in [0.4, 0.5) is 0 Å². The van der Waals surface area contributed by atoms with Crippen molar-refractivity contribution in [2.75, 3.05) is 53.0 Å². The van der Waals surface area contributed by atoms with E-state index in [1.807, 2.05) is 7.05 Å². The van der Waals surface area contributed by atoms with E-state index >= 15 is 0 Å². The number of piperidine rings is 1. The highest BCUT2D eigenvalue weighted by Gasteiger charge is 2.42. The van der Waals surface area contributed by atoms with Gasteiger partial charge in [-0.05, 0) is 50.6 Å². The molecule has 3 aliphatic rings. The van der Waals surface area contributed by atoms with Gasteiger partial charge in [-0.15, -0.1) is 24.0 Å². The molecule has 3 fully saturated rings. The Hall–Kier alpha value is -0.0800. The van der Waals surface area contributed by atoms with Crippen molar-refractivity contribution in [3.63, 3.8) is 0 Å². The lowest BCUT2D eigenvalue weighted by molar-refractivity contribution is 0.109. The third-order valence-electron chi connectivity index (χ3n) is 6.66. The van der Waals surface area contributed by atoms with Crippen LogP contribution < -0.4 is 5.32 Å². The summed E-state index contributed by atoms with van der Waals surface area (Å²) in [4.78, 5) is 9.73. The molecule has 0 radical (unpaired) electrons. The second kappa shape index (κ2) is 9.92. The maximum absolute atomic E-state index is 5.67. The molecule has 2 unspecified atom stereocenters. The summed E-state index contributed by atoms with van der Waals surface area (Å²) < 4.78 is 5.67. The first-order valence-corrected chi connectivity index (χ1v) is 10.3. The van der Waals surface area contributed by atoms with Gasteiger partial charge in [-0.2, -0.15) is 0 Å². The van der Waals surface area contributed by atoms with Crippen molar-refractivity contribution in [2.24, 2.45) is 22.2 Å². The van der Waals surface area contributed by atoms with E-state index in [0.29, 0.717) is 17.4 Å². The molecular formula is C20H39IN4O. The lowest BCUT2D eigenvalue weighted by Gasteiger charge is -2.39. The van der Waals surface area contributed by atoms with Crippen LogP contribution in [0.5, 0.6) is 0 Å². The third kappa shape index (κ3) is 5.25. The lowest BCUT2D eigenvalue weighted by atomic mass is 9.87. The van der Waals surface area contributed by atoms with Crippen molar-refractivity contribution in [1.29, 1.82) is 0 Å². The van der Waals surface area contributed by atoms with E-state index in [4.69, 9.17) is 4.74 Å². The summed E-state index contributed by atoms with van der Waals surface area (Å²) in [6.45, 7) is 14.7. The molecule has 0 aromatic heterocycles. The van der Waals surface area contributed by atoms with Crippen LogP contribution in [0.2, 0.25) is 0 Å². The molecule has 6 heteroatoms. The van der Waals surface area contributed by atoms with Crippen molar-refractivity contribution >= 4 is 29.9 Å². The first-order chi connectivity index (χ1) is 12.0. The van der Waals surface area contributed by atoms with Gasteiger partial charge in [0.2, 0.25) is 0 Å². The van der Waals surface area contributed by atoms with E-state index in [1.165, 1.54) is 38.8 Å². The molecule has 0 aliphatic carbocycles. The van der Waals surface area contributed by atoms with Crippen LogP contribution >= 0.6 is 24.0 Å². The summed E-state index contributed by atoms with van der Waals surface area (Å²) in [5.74, 6) is 2.63. The van der Waals surface area contributed by atoms with Gasteiger partial charge in [0.15, 0.2) is 5.96 Å². The van der Waals surface area contributed by atoms with Gasteiger partial charge in [0, 0.05) is 44.7 Å². The molecule has 3 saturated heterocycles. The SMILES string of the molecule is CN=C(NCC(C(C)C)N1CCC(C)CC1)N1CCC2(CCOC2)C1.I. The Morgan fingerprint density at radius 3 is 2.54 bits per heavy atom. The lowest BCUT2D eigenvalue weighted by Crippen LogP contribution is -2.52. The number of guanidine groups is 1. The summed E-state index contributed by atoms with van der Waals surface area (Å²) in [5.41, 5.74) is 0.387. The monoisotopic (exact) mass is 478 g/mol. The van der Waals surface area contributed by atoms with Gasteiger partial charge in [0.05, 0.1) is 6.61 Å². The highest BCUT2D eigenvalue weighted by atomic mass is 127. The molecular weight excluding hydrogens is 439 g/mol. The highest BCUT2D eigenvalue weighted by molar-refractivity contribution is 14.0. The molecule has 0 saturated carbocycles. The smallest absolute Gasteiger partial charge is 0.193 e. The summed E-state index contributed by atoms with van der Waals surface area (Å²) in [6, 6.07) is 0.593. The molecule has 3 heterocycles. The number of ether oxygens (including phenoxy) is 1. The van der Waals surface area contributed by atoms with E-state index in [9.17, 15) is 0 Å². The second-order valence-corrected chi connectivity index (χ2v) is 8.93. The zero-order chi connectivity index (χ0) is 17.9. The minimum atomic E-state index is 0. The number of rotatable bonds is 4. The summed E-state index contributed by atoms with van der Waals surface area (Å²) in [7, 11) is 1.92. The van der Waals surface area contributed by atoms with Gasteiger partial charge in [0.1, 0.15) is 0 Å². The minimum Gasteiger partial charge on any atom is -0.381 e. The predicted molar refractivity (Wildman–Crippen MR) is 119 cm³/mol. The first-order valence-electron chi connectivity index (χ1n) is 10.3. The standard InChI is InChI=1S/C20H38N4O.HI/c1-16(2)18(23-9-5-17(3)6-10-23)13-22-19(21-4)24-11-7-20(14-24)8-12-25-15-20;/h16-18H,5-15H2,1-4H3,(H,21,22);1H. The quantitative estimate of drug-likeness (QED) is 0.383. The topological polar surface area (TPSA) is 40.1 Å². The van der Waals surface area contributed by atoms with Crippen molar-refractivity contribution in [3.8, 4) is 0 Å². The molecule has 3 aliphatic heterocycles. The number of halogens is 1. The molecule has 26 heavy (non-hydrogen) atoms. The van der Waals surface area contributed by atoms with Crippen molar-refractivity contribution < 1.29 is 4.74 Å². The van der Waals surface area contributed by atoms with Crippen LogP contribution in [-0.2, 0) is 4.74 Å². The molecule has 1 N–H and O–H groups in total. The maximum atomic E-state index is 5.67. The van der Waals surface area contributed by atoms with Crippen LogP contribution in [0.1, 0.15) is 46.5 Å². The van der Waals surface area contributed by atoms with E-state index in [-0.39, 0.29) is 24.0 Å². The maximum Gasteiger partial charge on any atom is 0.193 e. The van der Waals surface area contributed by atoms with Crippen LogP contribution in [0.3, 0.4) is 0 Å². The number of likely N-dealkylation sites (tertiary alicyclic amines) is 2. The molecule has 3 rings (SSSR count). The van der Waals surface area contributed by atoms with Gasteiger partial charge in [-0.3, -0.25) is 9.89 Å². The Labute approximate surface area is 177 Å². The van der Waals surface area contributed by atoms with E-state index in [0.717, 1.165) is 44.7 Å². The van der Waals surface area contributed by atoms with Gasteiger partial charge in [-0.1, -0.05) is 20.8 Å². The zero-order valence-electron chi connectivity index (χ0n) is 17.2. The fourth-order valence-electron chi connectivity index (χ4n) is 4.76. The summed E-state index contributed by atoms with van der Waals surface area (Å²) in [6.07, 6.45) is 5.13. The fourth-order valence-corrected chi connectivity index (χ4v) is 4.76. The van der Waals surface area contributed by atoms with Crippen LogP contribution in [0, 0.1) is 17.3 Å². The van der Waals surface area contributed by atoms with Crippen LogP contribution in [0.15, 0.2) is 4.99 Å². The zero-order valence-corrected chi connectivity index (χ0v) is 19.5. The highest BCUT2D eigenvalue weighted by Crippen LogP contribution is 2.38. The van der Waals surface area contributed by atoms with Gasteiger partial charge in [-0.25, -0.2) is 0 Å². The number of nitrogens with one attached hydrogen (secondary N) is 1. The molecule has 0 aromatic rings. The molecule has 5 nitrogen and oxygen atoms in total. The number of aliphatic imine (C=N–C) groups is 1. The summed E-state index contributed by atoms with van der Waals surface area (Å²) >= 11 is 0. The first kappa shape index (κ1) is 22.2. The predicted octanol–water partition coefficient (Wildman–Crippen LogP) is 3.05. The molecule has 152 valence electrons. The van der Waals surface area contributed by atoms with Crippen molar-refractivity contribution in [1.82, 2.24) is 15.1 Å². The number of nitrogens with zero attached hydrogens (tertiary/aromatic N) is 3. The molecule has 2 atom stereocenters. The fraction of sp³-hybridized carbons (Fsp3) is 0.950. The van der Waals surface area contributed by atoms with E-state index in [2.05, 4.69) is 40.9 Å². The molecule has 0 amide bonds. The van der Waals surface area contributed by atoms with Crippen LogP contribution in [0.25, 0.3) is 0 Å². The molecule has 0 bridgehead atoms. The average molecular weight is 478 g/mol. The summed E-state index contributed by atoms with van der Waals surface area (Å²) in [5, 5.41) is 3.70. The third-order valence-corrected chi connectivity index (χ3v) is 6.66. The van der Waals surface area contributed by atoms with E-state index < -0.39 is 0 Å². The Morgan fingerprint density at radius 2 is 1.96 bits per heavy atom. The number of hydrogen-bond donors (Lipinski definition) is 1. The van der Waals surface area contributed by atoms with Crippen LogP contribution in [-0.4, -0.2) is 74.8 Å². The molecule has 0 aromatic carbocycles. The van der Waals surface area contributed by atoms with Crippen molar-refractivity contribution in [3.05, 3.63) is 0 Å². The Morgan fingerprint density at radius 1 is 1.23 bits per heavy atom. The van der Waals surface area contributed by atoms with Gasteiger partial charge >= 0.3 is 0 Å². The van der Waals surface area contributed by atoms with Gasteiger partial charge < -0.3 is 15.0 Å². The largest absolute Gasteiger partial charge is 0.381 e. The average Bonchev–Trinajstić information content (AvgIpc) is 3.23. The second-order valence-electron chi connectivity index (χ2n) is 8.93. The normalized spacial score (nSPS) is 29.4. The molecule has 1 spiro atoms. The Balaban J connectivity index is 0.00000243. The number of hydrogen-bond acceptors (Lipinski definition) is 3. The van der Waals surface area contributed by atoms with Gasteiger partial charge in [0.25, 0.3) is 0 Å². The van der Waals surface area contributed by atoms with Crippen molar-refractivity contribution in [2.45, 2.75) is 52.5 Å².